The van der Waals surface area contributed by atoms with Crippen LogP contribution in [-0.4, -0.2) is 56.8 Å². The molecule has 2 aliphatic heterocycles. The highest BCUT2D eigenvalue weighted by Gasteiger charge is 2.46. The molecule has 0 radical (unpaired) electrons. The Hall–Kier alpha value is -2.38. The Balaban J connectivity index is 1.46. The maximum absolute atomic E-state index is 12.7. The first kappa shape index (κ1) is 17.1. The van der Waals surface area contributed by atoms with Crippen molar-refractivity contribution in [2.75, 3.05) is 19.6 Å². The number of hydrogen-bond acceptors (Lipinski definition) is 4. The van der Waals surface area contributed by atoms with E-state index in [0.29, 0.717) is 25.6 Å². The van der Waals surface area contributed by atoms with Crippen molar-refractivity contribution in [1.29, 1.82) is 0 Å². The van der Waals surface area contributed by atoms with Gasteiger partial charge in [0.25, 0.3) is 5.56 Å². The van der Waals surface area contributed by atoms with Gasteiger partial charge in [-0.2, -0.15) is 0 Å². The van der Waals surface area contributed by atoms with Crippen LogP contribution in [0, 0.1) is 5.41 Å². The summed E-state index contributed by atoms with van der Waals surface area (Å²) < 4.78 is 1.23. The van der Waals surface area contributed by atoms with E-state index in [-0.39, 0.29) is 23.8 Å². The summed E-state index contributed by atoms with van der Waals surface area (Å²) in [4.78, 5) is 53.9. The van der Waals surface area contributed by atoms with E-state index in [1.165, 1.54) is 16.8 Å². The van der Waals surface area contributed by atoms with Crippen molar-refractivity contribution in [2.45, 2.75) is 51.1 Å². The molecule has 1 spiro atoms. The van der Waals surface area contributed by atoms with E-state index in [1.807, 2.05) is 9.80 Å². The van der Waals surface area contributed by atoms with Crippen LogP contribution in [-0.2, 0) is 16.1 Å². The molecular weight excluding hydrogens is 336 g/mol. The molecule has 8 heteroatoms. The summed E-state index contributed by atoms with van der Waals surface area (Å²) in [5.41, 5.74) is -1.05. The fourth-order valence-corrected chi connectivity index (χ4v) is 4.33. The van der Waals surface area contributed by atoms with E-state index in [9.17, 15) is 19.2 Å². The number of carbonyl (C=O) groups is 2. The molecular formula is C18H24N4O4. The Morgan fingerprint density at radius 2 is 2.00 bits per heavy atom. The van der Waals surface area contributed by atoms with Crippen LogP contribution in [0.15, 0.2) is 21.9 Å². The molecule has 3 fully saturated rings. The molecule has 8 nitrogen and oxygen atoms in total. The number of nitrogens with zero attached hydrogens (tertiary/aromatic N) is 3. The topological polar surface area (TPSA) is 95.5 Å². The highest BCUT2D eigenvalue weighted by Crippen LogP contribution is 2.42. The summed E-state index contributed by atoms with van der Waals surface area (Å²) in [6, 6.07) is 1.65. The largest absolute Gasteiger partial charge is 0.341 e. The first-order valence-corrected chi connectivity index (χ1v) is 9.33. The second kappa shape index (κ2) is 6.41. The molecule has 1 N–H and O–H groups in total. The van der Waals surface area contributed by atoms with Crippen LogP contribution >= 0.6 is 0 Å². The van der Waals surface area contributed by atoms with Crippen molar-refractivity contribution >= 4 is 11.8 Å². The van der Waals surface area contributed by atoms with Gasteiger partial charge in [-0.25, -0.2) is 4.79 Å². The SMILES string of the molecule is O=C(Cn1ccc(=O)[nH]c1=O)N1CCC[C@]2(CCC(=O)N(C3CC3)C2)C1. The van der Waals surface area contributed by atoms with Crippen LogP contribution in [0.4, 0.5) is 0 Å². The summed E-state index contributed by atoms with van der Waals surface area (Å²) in [7, 11) is 0. The average molecular weight is 360 g/mol. The Labute approximate surface area is 150 Å². The first-order chi connectivity index (χ1) is 12.5. The van der Waals surface area contributed by atoms with Crippen LogP contribution in [0.5, 0.6) is 0 Å². The van der Waals surface area contributed by atoms with E-state index in [1.54, 1.807) is 0 Å². The lowest BCUT2D eigenvalue weighted by Crippen LogP contribution is -2.56. The number of piperidine rings is 2. The molecule has 4 rings (SSSR count). The minimum absolute atomic E-state index is 0.0135. The van der Waals surface area contributed by atoms with Gasteiger partial charge in [0.15, 0.2) is 0 Å². The predicted molar refractivity (Wildman–Crippen MR) is 93.5 cm³/mol. The molecule has 1 atom stereocenters. The molecule has 3 aliphatic rings. The standard InChI is InChI=1S/C18H24N4O4/c23-14-5-9-20(17(26)19-14)10-16(25)21-8-1-6-18(11-21)7-4-15(24)22(12-18)13-2-3-13/h5,9,13H,1-4,6-8,10-12H2,(H,19,23,26)/t18-/m0/s1. The minimum atomic E-state index is -0.569. The predicted octanol–water partition coefficient (Wildman–Crippen LogP) is -0.0698. The smallest absolute Gasteiger partial charge is 0.328 e. The molecule has 26 heavy (non-hydrogen) atoms. The van der Waals surface area contributed by atoms with Gasteiger partial charge in [0.1, 0.15) is 6.54 Å². The number of amides is 2. The van der Waals surface area contributed by atoms with Crippen LogP contribution in [0.1, 0.15) is 38.5 Å². The molecule has 0 aromatic carbocycles. The third-order valence-electron chi connectivity index (χ3n) is 5.90. The second-order valence-electron chi connectivity index (χ2n) is 7.91. The van der Waals surface area contributed by atoms with E-state index < -0.39 is 11.2 Å². The molecule has 2 amide bonds. The lowest BCUT2D eigenvalue weighted by Gasteiger charge is -2.48. The second-order valence-corrected chi connectivity index (χ2v) is 7.91. The lowest BCUT2D eigenvalue weighted by atomic mass is 9.73. The van der Waals surface area contributed by atoms with Crippen molar-refractivity contribution in [3.8, 4) is 0 Å². The summed E-state index contributed by atoms with van der Waals surface area (Å²) in [6.45, 7) is 1.99. The number of aromatic nitrogens is 2. The molecule has 140 valence electrons. The molecule has 0 unspecified atom stereocenters. The number of rotatable bonds is 3. The fraction of sp³-hybridized carbons (Fsp3) is 0.667. The molecule has 0 bridgehead atoms. The number of aromatic amines is 1. The number of H-pyrrole nitrogens is 1. The summed E-state index contributed by atoms with van der Waals surface area (Å²) in [6.07, 6.45) is 6.90. The van der Waals surface area contributed by atoms with Gasteiger partial charge in [-0.1, -0.05) is 0 Å². The van der Waals surface area contributed by atoms with Gasteiger partial charge in [0, 0.05) is 49.8 Å². The zero-order valence-corrected chi connectivity index (χ0v) is 14.8. The summed E-state index contributed by atoms with van der Waals surface area (Å²) in [5.74, 6) is 0.134. The van der Waals surface area contributed by atoms with Gasteiger partial charge < -0.3 is 9.80 Å². The first-order valence-electron chi connectivity index (χ1n) is 9.33. The van der Waals surface area contributed by atoms with Crippen molar-refractivity contribution in [3.05, 3.63) is 33.1 Å². The maximum atomic E-state index is 12.7. The van der Waals surface area contributed by atoms with E-state index >= 15 is 0 Å². The molecule has 3 heterocycles. The molecule has 2 saturated heterocycles. The maximum Gasteiger partial charge on any atom is 0.328 e. The number of nitrogens with one attached hydrogen (secondary N) is 1. The normalized spacial score (nSPS) is 26.4. The van der Waals surface area contributed by atoms with E-state index in [4.69, 9.17) is 0 Å². The Morgan fingerprint density at radius 1 is 1.19 bits per heavy atom. The van der Waals surface area contributed by atoms with Gasteiger partial charge in [-0.05, 0) is 32.1 Å². The van der Waals surface area contributed by atoms with Crippen molar-refractivity contribution in [3.63, 3.8) is 0 Å². The van der Waals surface area contributed by atoms with E-state index in [2.05, 4.69) is 4.98 Å². The highest BCUT2D eigenvalue weighted by molar-refractivity contribution is 5.78. The quantitative estimate of drug-likeness (QED) is 0.816. The number of hydrogen-bond donors (Lipinski definition) is 1. The third-order valence-corrected chi connectivity index (χ3v) is 5.90. The van der Waals surface area contributed by atoms with Crippen molar-refractivity contribution < 1.29 is 9.59 Å². The third kappa shape index (κ3) is 3.32. The monoisotopic (exact) mass is 360 g/mol. The van der Waals surface area contributed by atoms with Crippen molar-refractivity contribution in [2.24, 2.45) is 5.41 Å². The van der Waals surface area contributed by atoms with Crippen molar-refractivity contribution in [1.82, 2.24) is 19.4 Å². The number of likely N-dealkylation sites (tertiary alicyclic amines) is 2. The van der Waals surface area contributed by atoms with Gasteiger partial charge in [-0.3, -0.25) is 23.9 Å². The minimum Gasteiger partial charge on any atom is -0.341 e. The molecule has 1 aliphatic carbocycles. The zero-order chi connectivity index (χ0) is 18.3. The highest BCUT2D eigenvalue weighted by atomic mass is 16.2. The lowest BCUT2D eigenvalue weighted by molar-refractivity contribution is -0.143. The average Bonchev–Trinajstić information content (AvgIpc) is 3.45. The van der Waals surface area contributed by atoms with Gasteiger partial charge >= 0.3 is 5.69 Å². The molecule has 1 aromatic heterocycles. The Kier molecular flexibility index (Phi) is 4.20. The van der Waals surface area contributed by atoms with Crippen LogP contribution in [0.25, 0.3) is 0 Å². The Bertz CT molecular complexity index is 840. The van der Waals surface area contributed by atoms with Gasteiger partial charge in [0.05, 0.1) is 0 Å². The zero-order valence-electron chi connectivity index (χ0n) is 14.8. The van der Waals surface area contributed by atoms with Crippen LogP contribution < -0.4 is 11.2 Å². The summed E-state index contributed by atoms with van der Waals surface area (Å²) in [5, 5.41) is 0. The Morgan fingerprint density at radius 3 is 2.73 bits per heavy atom. The van der Waals surface area contributed by atoms with Crippen LogP contribution in [0.2, 0.25) is 0 Å². The molecule has 1 saturated carbocycles. The molecule has 1 aromatic rings. The van der Waals surface area contributed by atoms with E-state index in [0.717, 1.165) is 38.6 Å². The summed E-state index contributed by atoms with van der Waals surface area (Å²) >= 11 is 0. The fourth-order valence-electron chi connectivity index (χ4n) is 4.33. The number of carbonyl (C=O) groups excluding carboxylic acids is 2. The van der Waals surface area contributed by atoms with Gasteiger partial charge in [0.2, 0.25) is 11.8 Å². The van der Waals surface area contributed by atoms with Gasteiger partial charge in [-0.15, -0.1) is 0 Å². The van der Waals surface area contributed by atoms with Crippen LogP contribution in [0.3, 0.4) is 0 Å².